The van der Waals surface area contributed by atoms with Gasteiger partial charge >= 0.3 is 0 Å². The van der Waals surface area contributed by atoms with E-state index in [-0.39, 0.29) is 17.9 Å². The maximum Gasteiger partial charge on any atom is 0.253 e. The van der Waals surface area contributed by atoms with Gasteiger partial charge in [-0.25, -0.2) is 0 Å². The largest absolute Gasteiger partial charge is 0.390 e. The number of aliphatic hydroxyl groups excluding tert-OH is 1. The van der Waals surface area contributed by atoms with Crippen molar-refractivity contribution in [2.45, 2.75) is 57.3 Å². The van der Waals surface area contributed by atoms with Gasteiger partial charge in [0.1, 0.15) is 0 Å². The number of β-amino-alcohol motifs (C(OH)–C–C–N with tert-alkyl or cyclic N) is 1. The summed E-state index contributed by atoms with van der Waals surface area (Å²) in [5.74, 6) is 0.120. The molecule has 5 rings (SSSR count). The molecule has 2 atom stereocenters. The van der Waals surface area contributed by atoms with Gasteiger partial charge in [0.15, 0.2) is 0 Å². The third-order valence-corrected chi connectivity index (χ3v) is 7.91. The topological polar surface area (TPSA) is 76.1 Å². The number of hydrogen-bond acceptors (Lipinski definition) is 5. The Labute approximate surface area is 207 Å². The van der Waals surface area contributed by atoms with Crippen molar-refractivity contribution in [3.63, 3.8) is 0 Å². The van der Waals surface area contributed by atoms with Crippen LogP contribution in [0.5, 0.6) is 0 Å². The average Bonchev–Trinajstić information content (AvgIpc) is 2.88. The molecule has 2 amide bonds. The summed E-state index contributed by atoms with van der Waals surface area (Å²) in [5.41, 5.74) is 4.40. The van der Waals surface area contributed by atoms with Crippen LogP contribution in [0.4, 0.5) is 5.69 Å². The van der Waals surface area contributed by atoms with E-state index in [1.165, 1.54) is 11.1 Å². The molecule has 0 aliphatic carbocycles. The number of amides is 2. The molecule has 0 saturated carbocycles. The van der Waals surface area contributed by atoms with Crippen LogP contribution in [-0.2, 0) is 17.8 Å². The highest BCUT2D eigenvalue weighted by molar-refractivity contribution is 5.94. The zero-order valence-corrected chi connectivity index (χ0v) is 20.5. The Kier molecular flexibility index (Phi) is 7.07. The highest BCUT2D eigenvalue weighted by atomic mass is 16.3. The Morgan fingerprint density at radius 3 is 2.26 bits per heavy atom. The molecule has 0 bridgehead atoms. The van der Waals surface area contributed by atoms with Crippen molar-refractivity contribution >= 4 is 17.5 Å². The highest BCUT2D eigenvalue weighted by Gasteiger charge is 2.35. The number of fused-ring (bicyclic) bond motifs is 1. The maximum absolute atomic E-state index is 13.1. The second-order valence-electron chi connectivity index (χ2n) is 10.2. The zero-order chi connectivity index (χ0) is 24.4. The minimum atomic E-state index is -0.542. The van der Waals surface area contributed by atoms with E-state index in [0.717, 1.165) is 57.5 Å². The summed E-state index contributed by atoms with van der Waals surface area (Å²) in [6.07, 6.45) is 3.11. The number of piperidine rings is 2. The Balaban J connectivity index is 1.13. The smallest absolute Gasteiger partial charge is 0.253 e. The van der Waals surface area contributed by atoms with Crippen molar-refractivity contribution in [2.24, 2.45) is 0 Å². The van der Waals surface area contributed by atoms with Crippen LogP contribution < -0.4 is 5.32 Å². The monoisotopic (exact) mass is 476 g/mol. The predicted octanol–water partition coefficient (Wildman–Crippen LogP) is 2.74. The summed E-state index contributed by atoms with van der Waals surface area (Å²) < 4.78 is 0. The number of rotatable bonds is 4. The Morgan fingerprint density at radius 1 is 0.886 bits per heavy atom. The van der Waals surface area contributed by atoms with Crippen LogP contribution in [0.1, 0.15) is 47.7 Å². The zero-order valence-electron chi connectivity index (χ0n) is 20.5. The second-order valence-corrected chi connectivity index (χ2v) is 10.2. The summed E-state index contributed by atoms with van der Waals surface area (Å²) in [4.78, 5) is 30.7. The molecule has 7 nitrogen and oxygen atoms in total. The number of nitrogens with zero attached hydrogens (tertiary/aromatic N) is 3. The summed E-state index contributed by atoms with van der Waals surface area (Å²) in [7, 11) is 0. The van der Waals surface area contributed by atoms with E-state index in [1.54, 1.807) is 11.8 Å². The number of hydrogen-bond donors (Lipinski definition) is 2. The molecular weight excluding hydrogens is 440 g/mol. The second kappa shape index (κ2) is 10.4. The minimum Gasteiger partial charge on any atom is -0.390 e. The van der Waals surface area contributed by atoms with Crippen molar-refractivity contribution < 1.29 is 14.7 Å². The quantitative estimate of drug-likeness (QED) is 0.710. The average molecular weight is 477 g/mol. The molecule has 7 heteroatoms. The van der Waals surface area contributed by atoms with Gasteiger partial charge in [-0.1, -0.05) is 24.3 Å². The fraction of sp³-hybridized carbons (Fsp3) is 0.500. The third-order valence-electron chi connectivity index (χ3n) is 7.91. The van der Waals surface area contributed by atoms with Crippen LogP contribution in [0.2, 0.25) is 0 Å². The van der Waals surface area contributed by atoms with Crippen molar-refractivity contribution in [1.82, 2.24) is 14.7 Å². The van der Waals surface area contributed by atoms with E-state index in [9.17, 15) is 14.7 Å². The van der Waals surface area contributed by atoms with E-state index >= 15 is 0 Å². The summed E-state index contributed by atoms with van der Waals surface area (Å²) in [6, 6.07) is 16.6. The first-order valence-electron chi connectivity index (χ1n) is 12.9. The molecule has 3 aliphatic heterocycles. The SMILES string of the molecule is CC(=O)N1CCC(Nc2ccc(C(=O)N3CC[C@H](N4CCc5ccccc5C4)[C@@H](O)C3)cc2)CC1. The highest BCUT2D eigenvalue weighted by Crippen LogP contribution is 2.26. The summed E-state index contributed by atoms with van der Waals surface area (Å²) in [6.45, 7) is 6.04. The van der Waals surface area contributed by atoms with Gasteiger partial charge < -0.3 is 20.2 Å². The molecule has 0 spiro atoms. The molecule has 0 radical (unpaired) electrons. The molecule has 2 aromatic carbocycles. The van der Waals surface area contributed by atoms with Gasteiger partial charge in [-0.3, -0.25) is 14.5 Å². The van der Waals surface area contributed by atoms with E-state index < -0.39 is 6.10 Å². The lowest BCUT2D eigenvalue weighted by molar-refractivity contribution is -0.129. The van der Waals surface area contributed by atoms with Crippen molar-refractivity contribution in [2.75, 3.05) is 38.0 Å². The van der Waals surface area contributed by atoms with Gasteiger partial charge in [-0.2, -0.15) is 0 Å². The molecule has 0 aromatic heterocycles. The lowest BCUT2D eigenvalue weighted by Gasteiger charge is -2.43. The number of aliphatic hydroxyl groups is 1. The van der Waals surface area contributed by atoms with Crippen LogP contribution >= 0.6 is 0 Å². The number of carbonyl (C=O) groups is 2. The summed E-state index contributed by atoms with van der Waals surface area (Å²) >= 11 is 0. The van der Waals surface area contributed by atoms with E-state index in [1.807, 2.05) is 29.2 Å². The standard InChI is InChI=1S/C28H36N4O3/c1-20(33)30-15-11-25(12-16-30)29-24-8-6-22(7-9-24)28(35)32-17-13-26(27(34)19-32)31-14-10-21-4-2-3-5-23(21)18-31/h2-9,25-27,29,34H,10-19H2,1H3/t26-,27-/m0/s1. The maximum atomic E-state index is 13.1. The lowest BCUT2D eigenvalue weighted by atomic mass is 9.94. The fourth-order valence-electron chi connectivity index (χ4n) is 5.80. The number of nitrogens with one attached hydrogen (secondary N) is 1. The molecule has 2 saturated heterocycles. The molecule has 3 aliphatic rings. The molecule has 3 heterocycles. The minimum absolute atomic E-state index is 0.0205. The molecule has 0 unspecified atom stereocenters. The van der Waals surface area contributed by atoms with Gasteiger partial charge in [0.05, 0.1) is 6.10 Å². The first kappa shape index (κ1) is 23.8. The molecule has 35 heavy (non-hydrogen) atoms. The Hall–Kier alpha value is -2.90. The van der Waals surface area contributed by atoms with Crippen LogP contribution in [-0.4, -0.2) is 82.5 Å². The van der Waals surface area contributed by atoms with Gasteiger partial charge in [0.25, 0.3) is 5.91 Å². The molecule has 2 fully saturated rings. The van der Waals surface area contributed by atoms with Crippen LogP contribution in [0.25, 0.3) is 0 Å². The predicted molar refractivity (Wildman–Crippen MR) is 136 cm³/mol. The molecule has 2 aromatic rings. The number of anilines is 1. The normalized spacial score (nSPS) is 23.6. The fourth-order valence-corrected chi connectivity index (χ4v) is 5.80. The van der Waals surface area contributed by atoms with Crippen molar-refractivity contribution in [3.05, 3.63) is 65.2 Å². The van der Waals surface area contributed by atoms with Gasteiger partial charge in [0, 0.05) is 69.5 Å². The molecule has 2 N–H and O–H groups in total. The number of benzene rings is 2. The van der Waals surface area contributed by atoms with E-state index in [0.29, 0.717) is 24.7 Å². The van der Waals surface area contributed by atoms with E-state index in [4.69, 9.17) is 0 Å². The van der Waals surface area contributed by atoms with Gasteiger partial charge in [-0.15, -0.1) is 0 Å². The lowest BCUT2D eigenvalue weighted by Crippen LogP contribution is -2.56. The first-order valence-corrected chi connectivity index (χ1v) is 12.9. The molecule has 186 valence electrons. The van der Waals surface area contributed by atoms with Gasteiger partial charge in [-0.05, 0) is 61.1 Å². The number of likely N-dealkylation sites (tertiary alicyclic amines) is 2. The Bertz CT molecular complexity index is 1050. The van der Waals surface area contributed by atoms with Gasteiger partial charge in [0.2, 0.25) is 5.91 Å². The van der Waals surface area contributed by atoms with Crippen LogP contribution in [0.15, 0.2) is 48.5 Å². The van der Waals surface area contributed by atoms with Crippen LogP contribution in [0.3, 0.4) is 0 Å². The first-order chi connectivity index (χ1) is 17.0. The summed E-state index contributed by atoms with van der Waals surface area (Å²) in [5, 5.41) is 14.5. The van der Waals surface area contributed by atoms with E-state index in [2.05, 4.69) is 34.5 Å². The number of carbonyl (C=O) groups excluding carboxylic acids is 2. The third kappa shape index (κ3) is 5.36. The van der Waals surface area contributed by atoms with Crippen molar-refractivity contribution in [1.29, 1.82) is 0 Å². The van der Waals surface area contributed by atoms with Crippen LogP contribution in [0, 0.1) is 0 Å². The Morgan fingerprint density at radius 2 is 1.57 bits per heavy atom. The van der Waals surface area contributed by atoms with Crippen molar-refractivity contribution in [3.8, 4) is 0 Å². The molecular formula is C28H36N4O3.